The molecule has 5 nitrogen and oxygen atoms in total. The first-order chi connectivity index (χ1) is 15.1. The Balaban J connectivity index is 1.64. The summed E-state index contributed by atoms with van der Waals surface area (Å²) in [5.74, 6) is 2.99. The second kappa shape index (κ2) is 9.65. The lowest BCUT2D eigenvalue weighted by Gasteiger charge is -2.37. The summed E-state index contributed by atoms with van der Waals surface area (Å²) < 4.78 is 12.0. The summed E-state index contributed by atoms with van der Waals surface area (Å²) in [6.07, 6.45) is 5.93. The molecule has 1 aromatic carbocycles. The molecule has 31 heavy (non-hydrogen) atoms. The lowest BCUT2D eigenvalue weighted by Crippen LogP contribution is -2.94. The minimum atomic E-state index is -0.0868. The Labute approximate surface area is 184 Å². The number of hydrogen-bond donors (Lipinski definition) is 1. The van der Waals surface area contributed by atoms with Gasteiger partial charge in [-0.25, -0.2) is 0 Å². The number of nitrogens with two attached hydrogens (primary N) is 1. The third-order valence-electron chi connectivity index (χ3n) is 6.75. The minimum absolute atomic E-state index is 0.0868. The van der Waals surface area contributed by atoms with Gasteiger partial charge in [-0.15, -0.1) is 0 Å². The van der Waals surface area contributed by atoms with Crippen molar-refractivity contribution in [1.29, 1.82) is 0 Å². The van der Waals surface area contributed by atoms with Gasteiger partial charge < -0.3 is 14.6 Å². The zero-order valence-corrected chi connectivity index (χ0v) is 18.9. The number of ether oxygens (including phenoxy) is 1. The van der Waals surface area contributed by atoms with Crippen molar-refractivity contribution in [1.82, 2.24) is 10.1 Å². The fourth-order valence-corrected chi connectivity index (χ4v) is 5.09. The summed E-state index contributed by atoms with van der Waals surface area (Å²) in [4.78, 5) is 4.56. The van der Waals surface area contributed by atoms with E-state index in [1.807, 2.05) is 25.3 Å². The fraction of sp³-hybridized carbons (Fsp3) is 0.462. The molecule has 0 spiro atoms. The highest BCUT2D eigenvalue weighted by Gasteiger charge is 2.38. The largest absolute Gasteiger partial charge is 0.484 e. The normalized spacial score (nSPS) is 22.4. The molecule has 2 N–H and O–H groups in total. The Morgan fingerprint density at radius 1 is 1.23 bits per heavy atom. The molecule has 2 aromatic heterocycles. The third kappa shape index (κ3) is 4.82. The molecule has 1 aliphatic heterocycles. The molecule has 0 aliphatic carbocycles. The Kier molecular flexibility index (Phi) is 6.71. The average Bonchev–Trinajstić information content (AvgIpc) is 3.21. The molecule has 3 aromatic rings. The van der Waals surface area contributed by atoms with Gasteiger partial charge in [-0.05, 0) is 31.4 Å². The topological polar surface area (TPSA) is 64.8 Å². The number of fused-ring (bicyclic) bond motifs is 1. The Bertz CT molecular complexity index is 1020. The van der Waals surface area contributed by atoms with Gasteiger partial charge in [0.1, 0.15) is 11.8 Å². The average molecular weight is 421 g/mol. The summed E-state index contributed by atoms with van der Waals surface area (Å²) in [5, 5.41) is 7.63. The van der Waals surface area contributed by atoms with E-state index in [0.717, 1.165) is 47.2 Å². The number of aromatic nitrogens is 2. The van der Waals surface area contributed by atoms with Crippen LogP contribution in [0, 0.1) is 18.8 Å². The highest BCUT2D eigenvalue weighted by atomic mass is 16.5. The summed E-state index contributed by atoms with van der Waals surface area (Å²) in [6.45, 7) is 11.9. The highest BCUT2D eigenvalue weighted by Crippen LogP contribution is 2.35. The molecule has 3 heterocycles. The maximum atomic E-state index is 6.62. The highest BCUT2D eigenvalue weighted by molar-refractivity contribution is 5.82. The zero-order valence-electron chi connectivity index (χ0n) is 18.9. The molecule has 4 rings (SSSR count). The lowest BCUT2D eigenvalue weighted by atomic mass is 9.77. The quantitative estimate of drug-likeness (QED) is 0.535. The molecule has 0 bridgehead atoms. The predicted molar refractivity (Wildman–Crippen MR) is 122 cm³/mol. The van der Waals surface area contributed by atoms with Crippen LogP contribution in [0.1, 0.15) is 56.2 Å². The lowest BCUT2D eigenvalue weighted by molar-refractivity contribution is -0.714. The van der Waals surface area contributed by atoms with E-state index in [-0.39, 0.29) is 6.10 Å². The number of nitrogens with zero attached hydrogens (tertiary/aromatic N) is 2. The monoisotopic (exact) mass is 420 g/mol. The van der Waals surface area contributed by atoms with Gasteiger partial charge in [0.2, 0.25) is 0 Å². The molecular weight excluding hydrogens is 386 g/mol. The number of hydrogen-bond acceptors (Lipinski definition) is 4. The maximum absolute atomic E-state index is 6.62. The van der Waals surface area contributed by atoms with E-state index in [1.54, 1.807) is 0 Å². The molecule has 1 saturated heterocycles. The number of rotatable bonds is 8. The van der Waals surface area contributed by atoms with Gasteiger partial charge in [0.05, 0.1) is 29.9 Å². The van der Waals surface area contributed by atoms with Gasteiger partial charge in [0.25, 0.3) is 0 Å². The van der Waals surface area contributed by atoms with E-state index >= 15 is 0 Å². The number of piperidine rings is 1. The van der Waals surface area contributed by atoms with Crippen molar-refractivity contribution in [2.24, 2.45) is 11.8 Å². The van der Waals surface area contributed by atoms with Crippen molar-refractivity contribution in [3.63, 3.8) is 0 Å². The van der Waals surface area contributed by atoms with E-state index in [9.17, 15) is 0 Å². The standard InChI is InChI=1S/C26H33N3O2/c1-5-19-15-25(28-16-20(19)6-2)26(30-18(4)14-21-13-17(3)29-31-21)23-11-12-27-24-10-8-7-9-22(23)24/h7-13,19-20,25-26,28H,4-6,14-16H2,1-3H3/p+1/t19-,20-,25?,26-/m0/s1. The first kappa shape index (κ1) is 21.6. The minimum Gasteiger partial charge on any atom is -0.484 e. The van der Waals surface area contributed by atoms with Crippen LogP contribution in [0.4, 0.5) is 0 Å². The van der Waals surface area contributed by atoms with Crippen molar-refractivity contribution in [2.45, 2.75) is 58.6 Å². The van der Waals surface area contributed by atoms with Crippen LogP contribution in [0.2, 0.25) is 0 Å². The summed E-state index contributed by atoms with van der Waals surface area (Å²) in [7, 11) is 0. The third-order valence-corrected chi connectivity index (χ3v) is 6.75. The van der Waals surface area contributed by atoms with E-state index < -0.39 is 0 Å². The van der Waals surface area contributed by atoms with Gasteiger partial charge in [-0.2, -0.15) is 0 Å². The van der Waals surface area contributed by atoms with Crippen LogP contribution < -0.4 is 5.32 Å². The fourth-order valence-electron chi connectivity index (χ4n) is 5.09. The Morgan fingerprint density at radius 3 is 2.77 bits per heavy atom. The first-order valence-corrected chi connectivity index (χ1v) is 11.5. The smallest absolute Gasteiger partial charge is 0.175 e. The molecule has 164 valence electrons. The second-order valence-corrected chi connectivity index (χ2v) is 8.81. The van der Waals surface area contributed by atoms with Crippen LogP contribution in [0.3, 0.4) is 0 Å². The molecule has 0 amide bonds. The van der Waals surface area contributed by atoms with Crippen LogP contribution in [0.25, 0.3) is 10.9 Å². The van der Waals surface area contributed by atoms with E-state index in [0.29, 0.717) is 18.2 Å². The van der Waals surface area contributed by atoms with E-state index in [4.69, 9.17) is 9.26 Å². The zero-order chi connectivity index (χ0) is 21.8. The summed E-state index contributed by atoms with van der Waals surface area (Å²) in [6, 6.07) is 12.7. The van der Waals surface area contributed by atoms with Crippen LogP contribution in [0.5, 0.6) is 0 Å². The van der Waals surface area contributed by atoms with E-state index in [1.165, 1.54) is 18.4 Å². The molecule has 4 atom stereocenters. The molecule has 0 saturated carbocycles. The van der Waals surface area contributed by atoms with Crippen LogP contribution in [0.15, 0.2) is 59.5 Å². The van der Waals surface area contributed by atoms with Crippen LogP contribution in [-0.4, -0.2) is 22.7 Å². The molecule has 1 unspecified atom stereocenters. The van der Waals surface area contributed by atoms with Gasteiger partial charge >= 0.3 is 0 Å². The number of allylic oxidation sites excluding steroid dienone is 1. The van der Waals surface area contributed by atoms with Crippen molar-refractivity contribution >= 4 is 10.9 Å². The number of pyridine rings is 1. The molecule has 1 fully saturated rings. The number of aryl methyl sites for hydroxylation is 1. The number of benzene rings is 1. The summed E-state index contributed by atoms with van der Waals surface area (Å²) in [5.41, 5.74) is 3.06. The van der Waals surface area contributed by atoms with E-state index in [2.05, 4.69) is 60.1 Å². The van der Waals surface area contributed by atoms with Gasteiger partial charge in [-0.3, -0.25) is 4.98 Å². The second-order valence-electron chi connectivity index (χ2n) is 8.81. The number of quaternary nitrogens is 1. The SMILES string of the molecule is C=C(Cc1cc(C)no1)O[C@@H](c1ccnc2ccccc12)C1C[C@H](CC)[C@@H](CC)C[NH2+]1. The Morgan fingerprint density at radius 2 is 2.03 bits per heavy atom. The van der Waals surface area contributed by atoms with Gasteiger partial charge in [0.15, 0.2) is 6.10 Å². The Hall–Kier alpha value is -2.66. The van der Waals surface area contributed by atoms with Crippen molar-refractivity contribution in [2.75, 3.05) is 6.54 Å². The maximum Gasteiger partial charge on any atom is 0.175 e. The predicted octanol–water partition coefficient (Wildman–Crippen LogP) is 4.73. The van der Waals surface area contributed by atoms with Crippen LogP contribution >= 0.6 is 0 Å². The van der Waals surface area contributed by atoms with Crippen molar-refractivity contribution in [3.05, 3.63) is 72.0 Å². The first-order valence-electron chi connectivity index (χ1n) is 11.5. The molecule has 5 heteroatoms. The summed E-state index contributed by atoms with van der Waals surface area (Å²) >= 11 is 0. The molecular formula is C26H34N3O2+. The molecule has 1 aliphatic rings. The van der Waals surface area contributed by atoms with Crippen LogP contribution in [-0.2, 0) is 11.2 Å². The van der Waals surface area contributed by atoms with Gasteiger partial charge in [0, 0.05) is 35.6 Å². The van der Waals surface area contributed by atoms with Crippen molar-refractivity contribution < 1.29 is 14.6 Å². The number of para-hydroxylation sites is 1. The van der Waals surface area contributed by atoms with Crippen molar-refractivity contribution in [3.8, 4) is 0 Å². The molecule has 0 radical (unpaired) electrons. The van der Waals surface area contributed by atoms with Gasteiger partial charge in [-0.1, -0.05) is 50.2 Å².